The van der Waals surface area contributed by atoms with Crippen LogP contribution in [0.25, 0.3) is 0 Å². The first-order chi connectivity index (χ1) is 11.1. The lowest BCUT2D eigenvalue weighted by Crippen LogP contribution is -2.08. The maximum Gasteiger partial charge on any atom is 0.339 e. The third kappa shape index (κ3) is 3.88. The Kier molecular flexibility index (Phi) is 5.36. The predicted molar refractivity (Wildman–Crippen MR) is 85.6 cm³/mol. The smallest absolute Gasteiger partial charge is 0.339 e. The first kappa shape index (κ1) is 16.5. The van der Waals surface area contributed by atoms with Gasteiger partial charge in [-0.1, -0.05) is 30.3 Å². The molecule has 0 amide bonds. The highest BCUT2D eigenvalue weighted by Crippen LogP contribution is 2.30. The third-order valence-electron chi connectivity index (χ3n) is 3.54. The van der Waals surface area contributed by atoms with Gasteiger partial charge in [0.25, 0.3) is 0 Å². The third-order valence-corrected chi connectivity index (χ3v) is 3.54. The summed E-state index contributed by atoms with van der Waals surface area (Å²) in [5.74, 6) is -0.851. The monoisotopic (exact) mass is 314 g/mol. The average molecular weight is 314 g/mol. The number of benzene rings is 2. The highest BCUT2D eigenvalue weighted by molar-refractivity contribution is 6.02. The summed E-state index contributed by atoms with van der Waals surface area (Å²) < 4.78 is 10.2. The quantitative estimate of drug-likeness (QED) is 0.794. The van der Waals surface area contributed by atoms with Crippen LogP contribution in [-0.4, -0.2) is 31.1 Å². The molecule has 0 saturated heterocycles. The molecule has 0 radical (unpaired) electrons. The number of rotatable bonds is 7. The van der Waals surface area contributed by atoms with Crippen LogP contribution in [0, 0.1) is 0 Å². The van der Waals surface area contributed by atoms with E-state index in [0.29, 0.717) is 12.2 Å². The molecule has 0 aliphatic heterocycles. The number of hydrogen-bond acceptors (Lipinski definition) is 4. The predicted octanol–water partition coefficient (Wildman–Crippen LogP) is 3.22. The standard InChI is InChI=1S/C18H18O5/c1-22-16-11-17(23-2)14(18(20)21)10-13(16)15(19)9-8-12-6-4-3-5-7-12/h3-7,10-11H,8-9H2,1-2H3,(H,20,21). The van der Waals surface area contributed by atoms with Crippen molar-refractivity contribution in [2.75, 3.05) is 14.2 Å². The minimum atomic E-state index is -1.15. The number of carboxylic acid groups (broad SMARTS) is 1. The van der Waals surface area contributed by atoms with E-state index in [0.717, 1.165) is 5.56 Å². The van der Waals surface area contributed by atoms with Crippen molar-refractivity contribution in [2.24, 2.45) is 0 Å². The molecular formula is C18H18O5. The number of hydrogen-bond donors (Lipinski definition) is 1. The summed E-state index contributed by atoms with van der Waals surface area (Å²) in [6.07, 6.45) is 0.850. The molecule has 0 bridgehead atoms. The summed E-state index contributed by atoms with van der Waals surface area (Å²) in [5.41, 5.74) is 1.24. The highest BCUT2D eigenvalue weighted by Gasteiger charge is 2.20. The molecule has 2 aromatic carbocycles. The number of ether oxygens (including phenoxy) is 2. The molecule has 0 spiro atoms. The van der Waals surface area contributed by atoms with E-state index >= 15 is 0 Å². The van der Waals surface area contributed by atoms with E-state index in [1.54, 1.807) is 0 Å². The van der Waals surface area contributed by atoms with Gasteiger partial charge in [0, 0.05) is 12.5 Å². The summed E-state index contributed by atoms with van der Waals surface area (Å²) in [5, 5.41) is 9.24. The van der Waals surface area contributed by atoms with Gasteiger partial charge in [-0.3, -0.25) is 4.79 Å². The maximum absolute atomic E-state index is 12.5. The summed E-state index contributed by atoms with van der Waals surface area (Å²) in [7, 11) is 2.81. The van der Waals surface area contributed by atoms with Crippen LogP contribution in [0.15, 0.2) is 42.5 Å². The number of ketones is 1. The van der Waals surface area contributed by atoms with Gasteiger partial charge in [0.15, 0.2) is 5.78 Å². The maximum atomic E-state index is 12.5. The van der Waals surface area contributed by atoms with Gasteiger partial charge in [-0.15, -0.1) is 0 Å². The van der Waals surface area contributed by atoms with Gasteiger partial charge in [0.2, 0.25) is 0 Å². The molecule has 120 valence electrons. The van der Waals surface area contributed by atoms with E-state index < -0.39 is 5.97 Å². The van der Waals surface area contributed by atoms with E-state index in [1.165, 1.54) is 26.4 Å². The van der Waals surface area contributed by atoms with Crippen LogP contribution < -0.4 is 9.47 Å². The van der Waals surface area contributed by atoms with E-state index in [9.17, 15) is 14.7 Å². The van der Waals surface area contributed by atoms with Crippen molar-refractivity contribution in [3.63, 3.8) is 0 Å². The van der Waals surface area contributed by atoms with Crippen LogP contribution in [0.4, 0.5) is 0 Å². The van der Waals surface area contributed by atoms with E-state index in [2.05, 4.69) is 0 Å². The second-order valence-electron chi connectivity index (χ2n) is 4.97. The Bertz CT molecular complexity index is 707. The molecule has 0 fully saturated rings. The van der Waals surface area contributed by atoms with Crippen molar-refractivity contribution in [1.29, 1.82) is 0 Å². The first-order valence-electron chi connectivity index (χ1n) is 7.13. The Labute approximate surface area is 134 Å². The minimum absolute atomic E-state index is 0.0589. The Morgan fingerprint density at radius 2 is 1.57 bits per heavy atom. The number of methoxy groups -OCH3 is 2. The van der Waals surface area contributed by atoms with Crippen molar-refractivity contribution in [3.8, 4) is 11.5 Å². The summed E-state index contributed by atoms with van der Waals surface area (Å²) in [6, 6.07) is 12.4. The summed E-state index contributed by atoms with van der Waals surface area (Å²) >= 11 is 0. The van der Waals surface area contributed by atoms with Crippen molar-refractivity contribution < 1.29 is 24.2 Å². The second kappa shape index (κ2) is 7.45. The van der Waals surface area contributed by atoms with Gasteiger partial charge >= 0.3 is 5.97 Å². The largest absolute Gasteiger partial charge is 0.496 e. The van der Waals surface area contributed by atoms with Crippen LogP contribution in [0.1, 0.15) is 32.7 Å². The second-order valence-corrected chi connectivity index (χ2v) is 4.97. The minimum Gasteiger partial charge on any atom is -0.496 e. The zero-order chi connectivity index (χ0) is 16.8. The molecule has 0 aromatic heterocycles. The topological polar surface area (TPSA) is 72.8 Å². The fourth-order valence-corrected chi connectivity index (χ4v) is 2.32. The van der Waals surface area contributed by atoms with Crippen LogP contribution in [0.5, 0.6) is 11.5 Å². The zero-order valence-corrected chi connectivity index (χ0v) is 13.0. The Hall–Kier alpha value is -2.82. The number of carbonyl (C=O) groups is 2. The van der Waals surface area contributed by atoms with Crippen LogP contribution >= 0.6 is 0 Å². The lowest BCUT2D eigenvalue weighted by atomic mass is 9.99. The molecule has 0 aliphatic rings. The fourth-order valence-electron chi connectivity index (χ4n) is 2.32. The van der Waals surface area contributed by atoms with Gasteiger partial charge in [0.05, 0.1) is 19.8 Å². The van der Waals surface area contributed by atoms with Gasteiger partial charge in [-0.25, -0.2) is 4.79 Å². The summed E-state index contributed by atoms with van der Waals surface area (Å²) in [6.45, 7) is 0. The number of carbonyl (C=O) groups excluding carboxylic acids is 1. The highest BCUT2D eigenvalue weighted by atomic mass is 16.5. The van der Waals surface area contributed by atoms with Crippen LogP contribution in [-0.2, 0) is 6.42 Å². The van der Waals surface area contributed by atoms with Crippen molar-refractivity contribution in [2.45, 2.75) is 12.8 Å². The molecule has 2 aromatic rings. The van der Waals surface area contributed by atoms with E-state index in [1.807, 2.05) is 30.3 Å². The number of carboxylic acids is 1. The molecule has 0 atom stereocenters. The van der Waals surface area contributed by atoms with Crippen molar-refractivity contribution in [1.82, 2.24) is 0 Å². The molecule has 0 unspecified atom stereocenters. The van der Waals surface area contributed by atoms with Gasteiger partial charge in [0.1, 0.15) is 17.1 Å². The van der Waals surface area contributed by atoms with Gasteiger partial charge < -0.3 is 14.6 Å². The van der Waals surface area contributed by atoms with E-state index in [-0.39, 0.29) is 29.1 Å². The molecule has 2 rings (SSSR count). The number of aromatic carboxylic acids is 1. The van der Waals surface area contributed by atoms with Crippen molar-refractivity contribution >= 4 is 11.8 Å². The van der Waals surface area contributed by atoms with Crippen LogP contribution in [0.2, 0.25) is 0 Å². The molecule has 23 heavy (non-hydrogen) atoms. The lowest BCUT2D eigenvalue weighted by molar-refractivity contribution is 0.0693. The van der Waals surface area contributed by atoms with Crippen molar-refractivity contribution in [3.05, 3.63) is 59.2 Å². The number of aryl methyl sites for hydroxylation is 1. The molecule has 5 heteroatoms. The molecule has 1 N–H and O–H groups in total. The molecule has 0 heterocycles. The fraction of sp³-hybridized carbons (Fsp3) is 0.222. The Balaban J connectivity index is 2.27. The van der Waals surface area contributed by atoms with E-state index in [4.69, 9.17) is 9.47 Å². The summed E-state index contributed by atoms with van der Waals surface area (Å²) in [4.78, 5) is 23.8. The molecular weight excluding hydrogens is 296 g/mol. The normalized spacial score (nSPS) is 10.2. The Morgan fingerprint density at radius 3 is 2.13 bits per heavy atom. The Morgan fingerprint density at radius 1 is 0.957 bits per heavy atom. The van der Waals surface area contributed by atoms with Crippen LogP contribution in [0.3, 0.4) is 0 Å². The average Bonchev–Trinajstić information content (AvgIpc) is 2.59. The first-order valence-corrected chi connectivity index (χ1v) is 7.13. The zero-order valence-electron chi connectivity index (χ0n) is 13.0. The molecule has 0 aliphatic carbocycles. The molecule has 5 nitrogen and oxygen atoms in total. The van der Waals surface area contributed by atoms with Gasteiger partial charge in [-0.05, 0) is 18.1 Å². The molecule has 0 saturated carbocycles. The lowest BCUT2D eigenvalue weighted by Gasteiger charge is -2.12. The van der Waals surface area contributed by atoms with Gasteiger partial charge in [-0.2, -0.15) is 0 Å². The number of Topliss-reactive ketones (excluding diaryl/α,β-unsaturated/α-hetero) is 1. The SMILES string of the molecule is COc1cc(OC)c(C(=O)CCc2ccccc2)cc1C(=O)O.